The highest BCUT2D eigenvalue weighted by atomic mass is 16.6. The lowest BCUT2D eigenvalue weighted by atomic mass is 9.98. The quantitative estimate of drug-likeness (QED) is 0.114. The number of carboxylic acid groups (broad SMARTS) is 1. The van der Waals surface area contributed by atoms with Crippen molar-refractivity contribution in [1.29, 1.82) is 0 Å². The molecule has 0 aliphatic heterocycles. The molecule has 10 heteroatoms. The van der Waals surface area contributed by atoms with Gasteiger partial charge in [-0.3, -0.25) is 9.98 Å². The van der Waals surface area contributed by atoms with E-state index in [0.717, 1.165) is 39.8 Å². The van der Waals surface area contributed by atoms with Crippen molar-refractivity contribution < 1.29 is 39.1 Å². The number of ether oxygens (including phenoxy) is 3. The van der Waals surface area contributed by atoms with Crippen LogP contribution in [0.15, 0.2) is 107 Å². The molecule has 2 aliphatic rings. The summed E-state index contributed by atoms with van der Waals surface area (Å²) in [5.74, 6) is -1.69. The van der Waals surface area contributed by atoms with Crippen molar-refractivity contribution in [2.75, 3.05) is 20.3 Å². The highest BCUT2D eigenvalue weighted by Crippen LogP contribution is 2.45. The van der Waals surface area contributed by atoms with E-state index in [-0.39, 0.29) is 25.0 Å². The van der Waals surface area contributed by atoms with Crippen molar-refractivity contribution in [2.24, 2.45) is 9.98 Å². The third-order valence-corrected chi connectivity index (χ3v) is 9.08. The van der Waals surface area contributed by atoms with Crippen molar-refractivity contribution in [2.45, 2.75) is 63.5 Å². The molecule has 0 amide bonds. The molecule has 2 unspecified atom stereocenters. The first-order valence-electron chi connectivity index (χ1n) is 17.2. The Labute approximate surface area is 298 Å². The Balaban J connectivity index is 0.000000198. The summed E-state index contributed by atoms with van der Waals surface area (Å²) in [6, 6.07) is 30.5. The number of aliphatic carboxylic acids is 1. The van der Waals surface area contributed by atoms with Crippen molar-refractivity contribution in [1.82, 2.24) is 0 Å². The summed E-state index contributed by atoms with van der Waals surface area (Å²) < 4.78 is 15.4. The Morgan fingerprint density at radius 1 is 0.627 bits per heavy atom. The lowest BCUT2D eigenvalue weighted by Crippen LogP contribution is -2.29. The first-order chi connectivity index (χ1) is 24.8. The highest BCUT2D eigenvalue weighted by Gasteiger charge is 2.28. The highest BCUT2D eigenvalue weighted by molar-refractivity contribution is 5.81. The van der Waals surface area contributed by atoms with Gasteiger partial charge in [0.05, 0.1) is 7.11 Å². The normalized spacial score (nSPS) is 14.6. The number of nitrogens with zero attached hydrogens (tertiary/aromatic N) is 2. The van der Waals surface area contributed by atoms with Crippen LogP contribution < -0.4 is 10.2 Å². The number of aliphatic imine (C=N–C) groups is 2. The van der Waals surface area contributed by atoms with Crippen molar-refractivity contribution in [3.63, 3.8) is 0 Å². The van der Waals surface area contributed by atoms with Crippen LogP contribution in [0.5, 0.6) is 0 Å². The Kier molecular flexibility index (Phi) is 12.5. The maximum Gasteiger partial charge on any atom is 0.330 e. The monoisotopic (exact) mass is 690 g/mol. The molecular weight excluding hydrogens is 648 g/mol. The number of carboxylic acids is 1. The third kappa shape index (κ3) is 8.57. The minimum atomic E-state index is -1.10. The fourth-order valence-corrected chi connectivity index (χ4v) is 6.68. The van der Waals surface area contributed by atoms with E-state index in [9.17, 15) is 19.8 Å². The molecule has 51 heavy (non-hydrogen) atoms. The summed E-state index contributed by atoms with van der Waals surface area (Å²) >= 11 is 0. The summed E-state index contributed by atoms with van der Waals surface area (Å²) in [5, 5.41) is 33.2. The summed E-state index contributed by atoms with van der Waals surface area (Å²) in [5.41, 5.74) is 9.12. The van der Waals surface area contributed by atoms with Crippen LogP contribution in [0.25, 0.3) is 22.3 Å². The molecule has 10 nitrogen and oxygen atoms in total. The van der Waals surface area contributed by atoms with Gasteiger partial charge in [0.2, 0.25) is 0 Å². The lowest BCUT2D eigenvalue weighted by Gasteiger charge is -2.22. The molecule has 0 saturated carbocycles. The van der Waals surface area contributed by atoms with Crippen molar-refractivity contribution >= 4 is 24.1 Å². The predicted molar refractivity (Wildman–Crippen MR) is 191 cm³/mol. The maximum absolute atomic E-state index is 12.1. The predicted octanol–water partition coefficient (Wildman–Crippen LogP) is 5.66. The smallest absolute Gasteiger partial charge is 0.330 e. The average Bonchev–Trinajstić information content (AvgIpc) is 3.65. The molecule has 0 radical (unpaired) electrons. The van der Waals surface area contributed by atoms with Gasteiger partial charge in [0.25, 0.3) is 0 Å². The van der Waals surface area contributed by atoms with Gasteiger partial charge in [0.1, 0.15) is 24.3 Å². The number of esters is 1. The maximum atomic E-state index is 12.1. The van der Waals surface area contributed by atoms with E-state index in [1.165, 1.54) is 18.2 Å². The zero-order chi connectivity index (χ0) is 36.3. The molecule has 266 valence electrons. The average molecular weight is 691 g/mol. The van der Waals surface area contributed by atoms with Gasteiger partial charge in [0, 0.05) is 25.0 Å². The van der Waals surface area contributed by atoms with Gasteiger partial charge in [-0.05, 0) is 57.3 Å². The molecule has 0 spiro atoms. The molecule has 0 aromatic heterocycles. The van der Waals surface area contributed by atoms with Crippen LogP contribution in [-0.4, -0.2) is 61.6 Å². The van der Waals surface area contributed by atoms with Gasteiger partial charge in [-0.15, -0.1) is 0 Å². The second-order valence-electron chi connectivity index (χ2n) is 12.3. The summed E-state index contributed by atoms with van der Waals surface area (Å²) in [7, 11) is 1.29. The van der Waals surface area contributed by atoms with Crippen LogP contribution in [0.4, 0.5) is 0 Å². The second-order valence-corrected chi connectivity index (χ2v) is 12.3. The number of hydrogen-bond acceptors (Lipinski definition) is 9. The number of hydrogen-bond donors (Lipinski definition) is 1. The van der Waals surface area contributed by atoms with E-state index >= 15 is 0 Å². The zero-order valence-corrected chi connectivity index (χ0v) is 29.0. The molecule has 6 rings (SSSR count). The van der Waals surface area contributed by atoms with Crippen molar-refractivity contribution in [3.05, 3.63) is 119 Å². The lowest BCUT2D eigenvalue weighted by molar-refractivity contribution is -0.252. The molecule has 0 heterocycles. The number of carbonyl (C=O) groups is 2. The van der Waals surface area contributed by atoms with E-state index in [4.69, 9.17) is 19.3 Å². The van der Waals surface area contributed by atoms with E-state index < -0.39 is 36.2 Å². The van der Waals surface area contributed by atoms with Gasteiger partial charge in [-0.25, -0.2) is 9.59 Å². The van der Waals surface area contributed by atoms with E-state index in [2.05, 4.69) is 46.4 Å². The summed E-state index contributed by atoms with van der Waals surface area (Å²) in [6.07, 6.45) is 0.589. The van der Waals surface area contributed by atoms with Crippen LogP contribution in [-0.2, 0) is 23.8 Å². The van der Waals surface area contributed by atoms with Crippen LogP contribution in [0.2, 0.25) is 0 Å². The number of methoxy groups -OCH3 is 1. The van der Waals surface area contributed by atoms with E-state index in [0.29, 0.717) is 19.3 Å². The number of fused-ring (bicyclic) bond motifs is 6. The minimum Gasteiger partial charge on any atom is -0.599 e. The standard InChI is InChI=1S/C21H23NO4.C20H21NO4/c1-3-8-19(20(23)25-2)22-21(24)26-13-18-16-11-6-4-9-14(16)15-10-5-7-12-17(15)18;1-2-7-18(19(22)23)21-20(24)25-12-17-15-10-5-3-8-13(15)14-9-4-6-11-16(14)17/h4-7,9-12,18-19H,3,8,13H2,1-2H3,(H,22,24);3-6,8-11,17-18H,2,7,12H2,1H3,(H,21,24)(H,22,23)/p-2. The SMILES string of the molecule is CCCC(N=C([O-])OCC1c2ccccc2-c2ccccc21)C(=O)O.CCCC(N=C([O-])OCC1c2ccccc2-c2ccccc21)C(=O)OC. The van der Waals surface area contributed by atoms with Crippen LogP contribution in [0.1, 0.15) is 73.6 Å². The first-order valence-corrected chi connectivity index (χ1v) is 17.2. The van der Waals surface area contributed by atoms with Crippen LogP contribution in [0, 0.1) is 0 Å². The van der Waals surface area contributed by atoms with Crippen LogP contribution in [0.3, 0.4) is 0 Å². The molecule has 4 aromatic rings. The molecule has 2 aliphatic carbocycles. The van der Waals surface area contributed by atoms with E-state index in [1.54, 1.807) is 0 Å². The third-order valence-electron chi connectivity index (χ3n) is 9.08. The molecule has 4 aromatic carbocycles. The largest absolute Gasteiger partial charge is 0.599 e. The molecular formula is C41H42N2O8-2. The molecule has 1 N–H and O–H groups in total. The van der Waals surface area contributed by atoms with Gasteiger partial charge in [-0.1, -0.05) is 124 Å². The Morgan fingerprint density at radius 2 is 0.961 bits per heavy atom. The Bertz CT molecular complexity index is 1800. The molecule has 0 bridgehead atoms. The molecule has 2 atom stereocenters. The van der Waals surface area contributed by atoms with Crippen LogP contribution >= 0.6 is 0 Å². The van der Waals surface area contributed by atoms with Gasteiger partial charge in [0.15, 0.2) is 0 Å². The van der Waals surface area contributed by atoms with E-state index in [1.807, 2.05) is 74.5 Å². The van der Waals surface area contributed by atoms with Gasteiger partial charge in [-0.2, -0.15) is 0 Å². The summed E-state index contributed by atoms with van der Waals surface area (Å²) in [4.78, 5) is 30.4. The Morgan fingerprint density at radius 3 is 1.29 bits per heavy atom. The Hall–Kier alpha value is -5.64. The zero-order valence-electron chi connectivity index (χ0n) is 29.0. The summed E-state index contributed by atoms with van der Waals surface area (Å²) in [6.45, 7) is 4.11. The van der Waals surface area contributed by atoms with Gasteiger partial charge >= 0.3 is 11.9 Å². The first kappa shape index (κ1) is 36.6. The minimum absolute atomic E-state index is 0.0238. The second kappa shape index (κ2) is 17.3. The fraction of sp³-hybridized carbons (Fsp3) is 0.317. The topological polar surface area (TPSA) is 153 Å². The number of carbonyl (C=O) groups excluding carboxylic acids is 1. The van der Waals surface area contributed by atoms with Gasteiger partial charge < -0.3 is 29.5 Å². The number of rotatable bonds is 12. The van der Waals surface area contributed by atoms with Crippen molar-refractivity contribution in [3.8, 4) is 22.3 Å². The number of benzene rings is 4. The fourth-order valence-electron chi connectivity index (χ4n) is 6.68. The molecule has 0 saturated heterocycles. The molecule has 0 fully saturated rings.